The molecule has 1 N–H and O–H groups in total. The number of carbonyl (C=O) groups is 2. The van der Waals surface area contributed by atoms with Gasteiger partial charge in [0.15, 0.2) is 11.6 Å². The molecular formula is C17H20ClF3N2O2. The van der Waals surface area contributed by atoms with Crippen LogP contribution in [0.2, 0.25) is 0 Å². The van der Waals surface area contributed by atoms with Crippen LogP contribution in [0.5, 0.6) is 0 Å². The number of halogens is 4. The van der Waals surface area contributed by atoms with Crippen molar-refractivity contribution >= 4 is 23.4 Å². The van der Waals surface area contributed by atoms with Crippen LogP contribution in [0.25, 0.3) is 0 Å². The third-order valence-corrected chi connectivity index (χ3v) is 4.83. The second-order valence-electron chi connectivity index (χ2n) is 6.64. The van der Waals surface area contributed by atoms with E-state index in [0.717, 1.165) is 6.07 Å². The first-order valence-corrected chi connectivity index (χ1v) is 8.51. The maximum absolute atomic E-state index is 13.7. The van der Waals surface area contributed by atoms with Crippen LogP contribution in [0.3, 0.4) is 0 Å². The summed E-state index contributed by atoms with van der Waals surface area (Å²) in [5.41, 5.74) is -0.308. The highest BCUT2D eigenvalue weighted by Gasteiger charge is 2.32. The van der Waals surface area contributed by atoms with E-state index in [1.54, 1.807) is 4.90 Å². The lowest BCUT2D eigenvalue weighted by molar-refractivity contribution is -0.133. The maximum atomic E-state index is 13.7. The Hall–Kier alpha value is -1.76. The number of rotatable bonds is 5. The van der Waals surface area contributed by atoms with Crippen molar-refractivity contribution in [3.63, 3.8) is 0 Å². The van der Waals surface area contributed by atoms with E-state index < -0.39 is 17.5 Å². The summed E-state index contributed by atoms with van der Waals surface area (Å²) in [6.45, 7) is 3.39. The number of alkyl halides is 1. The number of likely N-dealkylation sites (tertiary alicyclic amines) is 1. The summed E-state index contributed by atoms with van der Waals surface area (Å²) in [5, 5.41) is 2.74. The molecule has 0 spiro atoms. The summed E-state index contributed by atoms with van der Waals surface area (Å²) in [5.74, 6) is -4.06. The normalized spacial score (nSPS) is 16.6. The Kier molecular flexibility index (Phi) is 6.32. The molecule has 2 rings (SSSR count). The van der Waals surface area contributed by atoms with Crippen molar-refractivity contribution in [2.75, 3.05) is 25.5 Å². The monoisotopic (exact) mass is 376 g/mol. The van der Waals surface area contributed by atoms with Gasteiger partial charge < -0.3 is 10.2 Å². The SMILES string of the molecule is CC1(CNC(=O)CCl)CCN(C(=O)Cc2cc(F)c(F)cc2F)CC1. The van der Waals surface area contributed by atoms with Gasteiger partial charge in [0.1, 0.15) is 11.7 Å². The number of nitrogens with zero attached hydrogens (tertiary/aromatic N) is 1. The Morgan fingerprint density at radius 2 is 1.76 bits per heavy atom. The second-order valence-corrected chi connectivity index (χ2v) is 6.90. The van der Waals surface area contributed by atoms with Gasteiger partial charge >= 0.3 is 0 Å². The van der Waals surface area contributed by atoms with Gasteiger partial charge in [-0.1, -0.05) is 6.92 Å². The van der Waals surface area contributed by atoms with Crippen LogP contribution >= 0.6 is 11.6 Å². The summed E-state index contributed by atoms with van der Waals surface area (Å²) in [4.78, 5) is 25.1. The molecule has 138 valence electrons. The lowest BCUT2D eigenvalue weighted by atomic mass is 9.80. The third kappa shape index (κ3) is 5.11. The first-order valence-electron chi connectivity index (χ1n) is 7.98. The predicted molar refractivity (Wildman–Crippen MR) is 87.7 cm³/mol. The number of piperidine rings is 1. The molecule has 1 saturated heterocycles. The zero-order chi connectivity index (χ0) is 18.6. The van der Waals surface area contributed by atoms with E-state index in [1.807, 2.05) is 6.92 Å². The van der Waals surface area contributed by atoms with Crippen molar-refractivity contribution in [3.05, 3.63) is 35.1 Å². The quantitative estimate of drug-likeness (QED) is 0.634. The molecule has 25 heavy (non-hydrogen) atoms. The van der Waals surface area contributed by atoms with Gasteiger partial charge in [0.2, 0.25) is 11.8 Å². The Morgan fingerprint density at radius 1 is 1.16 bits per heavy atom. The molecule has 0 saturated carbocycles. The molecule has 4 nitrogen and oxygen atoms in total. The molecule has 2 amide bonds. The van der Waals surface area contributed by atoms with Crippen LogP contribution in [-0.4, -0.2) is 42.2 Å². The minimum Gasteiger partial charge on any atom is -0.355 e. The highest BCUT2D eigenvalue weighted by atomic mass is 35.5. The largest absolute Gasteiger partial charge is 0.355 e. The maximum Gasteiger partial charge on any atom is 0.234 e. The zero-order valence-corrected chi connectivity index (χ0v) is 14.6. The second kappa shape index (κ2) is 8.08. The van der Waals surface area contributed by atoms with Gasteiger partial charge in [0, 0.05) is 31.3 Å². The number of hydrogen-bond donors (Lipinski definition) is 1. The van der Waals surface area contributed by atoms with Crippen LogP contribution < -0.4 is 5.32 Å². The van der Waals surface area contributed by atoms with E-state index in [2.05, 4.69) is 5.32 Å². The van der Waals surface area contributed by atoms with Crippen molar-refractivity contribution in [1.29, 1.82) is 0 Å². The number of carbonyl (C=O) groups excluding carboxylic acids is 2. The van der Waals surface area contributed by atoms with E-state index in [-0.39, 0.29) is 35.1 Å². The van der Waals surface area contributed by atoms with E-state index in [4.69, 9.17) is 11.6 Å². The highest BCUT2D eigenvalue weighted by molar-refractivity contribution is 6.27. The van der Waals surface area contributed by atoms with E-state index in [0.29, 0.717) is 38.5 Å². The fourth-order valence-corrected chi connectivity index (χ4v) is 2.90. The predicted octanol–water partition coefficient (Wildman–Crippen LogP) is 2.63. The molecule has 1 aromatic rings. The Morgan fingerprint density at radius 3 is 2.36 bits per heavy atom. The van der Waals surface area contributed by atoms with Crippen LogP contribution in [0.4, 0.5) is 13.2 Å². The van der Waals surface area contributed by atoms with E-state index >= 15 is 0 Å². The molecule has 0 bridgehead atoms. The van der Waals surface area contributed by atoms with Crippen molar-refractivity contribution in [1.82, 2.24) is 10.2 Å². The minimum absolute atomic E-state index is 0.0967. The number of hydrogen-bond acceptors (Lipinski definition) is 2. The summed E-state index contributed by atoms with van der Waals surface area (Å²) in [7, 11) is 0. The summed E-state index contributed by atoms with van der Waals surface area (Å²) < 4.78 is 39.8. The third-order valence-electron chi connectivity index (χ3n) is 4.59. The van der Waals surface area contributed by atoms with Crippen molar-refractivity contribution in [2.45, 2.75) is 26.2 Å². The van der Waals surface area contributed by atoms with Crippen LogP contribution in [-0.2, 0) is 16.0 Å². The standard InChI is InChI=1S/C17H20ClF3N2O2/c1-17(10-22-15(24)9-18)2-4-23(5-3-17)16(25)7-11-6-13(20)14(21)8-12(11)19/h6,8H,2-5,7,9-10H2,1H3,(H,22,24). The lowest BCUT2D eigenvalue weighted by Crippen LogP contribution is -2.47. The molecule has 8 heteroatoms. The summed E-state index contributed by atoms with van der Waals surface area (Å²) >= 11 is 5.44. The Bertz CT molecular complexity index is 662. The van der Waals surface area contributed by atoms with Crippen molar-refractivity contribution in [3.8, 4) is 0 Å². The number of amides is 2. The molecule has 0 aromatic heterocycles. The van der Waals surface area contributed by atoms with Crippen molar-refractivity contribution < 1.29 is 22.8 Å². The first-order chi connectivity index (χ1) is 11.7. The smallest absolute Gasteiger partial charge is 0.234 e. The van der Waals surface area contributed by atoms with Gasteiger partial charge in [-0.3, -0.25) is 9.59 Å². The van der Waals surface area contributed by atoms with Crippen LogP contribution in [0.1, 0.15) is 25.3 Å². The number of nitrogens with one attached hydrogen (secondary N) is 1. The average Bonchev–Trinajstić information content (AvgIpc) is 2.58. The Balaban J connectivity index is 1.91. The van der Waals surface area contributed by atoms with Gasteiger partial charge in [0.05, 0.1) is 6.42 Å². The fraction of sp³-hybridized carbons (Fsp3) is 0.529. The van der Waals surface area contributed by atoms with E-state index in [9.17, 15) is 22.8 Å². The summed E-state index contributed by atoms with van der Waals surface area (Å²) in [6.07, 6.45) is 1.02. The highest BCUT2D eigenvalue weighted by Crippen LogP contribution is 2.30. The number of benzene rings is 1. The Labute approximate surface area is 149 Å². The summed E-state index contributed by atoms with van der Waals surface area (Å²) in [6, 6.07) is 1.17. The first kappa shape index (κ1) is 19.6. The van der Waals surface area contributed by atoms with E-state index in [1.165, 1.54) is 0 Å². The topological polar surface area (TPSA) is 49.4 Å². The van der Waals surface area contributed by atoms with Crippen LogP contribution in [0, 0.1) is 22.9 Å². The lowest BCUT2D eigenvalue weighted by Gasteiger charge is -2.39. The molecule has 1 aromatic carbocycles. The van der Waals surface area contributed by atoms with Crippen molar-refractivity contribution in [2.24, 2.45) is 5.41 Å². The van der Waals surface area contributed by atoms with Gasteiger partial charge in [-0.05, 0) is 24.3 Å². The van der Waals surface area contributed by atoms with Crippen LogP contribution in [0.15, 0.2) is 12.1 Å². The molecule has 0 radical (unpaired) electrons. The van der Waals surface area contributed by atoms with Gasteiger partial charge in [-0.15, -0.1) is 11.6 Å². The van der Waals surface area contributed by atoms with Gasteiger partial charge in [-0.2, -0.15) is 0 Å². The molecule has 0 unspecified atom stereocenters. The van der Waals surface area contributed by atoms with Gasteiger partial charge in [-0.25, -0.2) is 13.2 Å². The minimum atomic E-state index is -1.28. The fourth-order valence-electron chi connectivity index (χ4n) is 2.81. The molecule has 0 aliphatic carbocycles. The molecule has 1 fully saturated rings. The molecule has 1 aliphatic heterocycles. The van der Waals surface area contributed by atoms with Gasteiger partial charge in [0.25, 0.3) is 0 Å². The zero-order valence-electron chi connectivity index (χ0n) is 13.9. The molecular weight excluding hydrogens is 357 g/mol. The average molecular weight is 377 g/mol. The molecule has 1 heterocycles. The molecule has 0 atom stereocenters. The molecule has 1 aliphatic rings.